The first-order chi connectivity index (χ1) is 18.4. The lowest BCUT2D eigenvalue weighted by Crippen LogP contribution is -2.50. The molecule has 1 amide bonds. The molecule has 202 valence electrons. The molecule has 0 aliphatic carbocycles. The van der Waals surface area contributed by atoms with Gasteiger partial charge in [0, 0.05) is 35.6 Å². The SMILES string of the molecule is COc1cc2nc(N3CCC(NC(=O)[C@@H]4CCCN4C)CC3)nc(Nc3ccc(Cl)cc3F)c2cc1OC. The number of piperidine rings is 1. The largest absolute Gasteiger partial charge is 0.493 e. The van der Waals surface area contributed by atoms with Crippen LogP contribution in [0.5, 0.6) is 11.5 Å². The first-order valence-electron chi connectivity index (χ1n) is 12.8. The van der Waals surface area contributed by atoms with Crippen molar-refractivity contribution in [1.82, 2.24) is 20.2 Å². The van der Waals surface area contributed by atoms with Gasteiger partial charge in [-0.3, -0.25) is 9.69 Å². The van der Waals surface area contributed by atoms with E-state index in [1.165, 1.54) is 6.07 Å². The maximum Gasteiger partial charge on any atom is 0.237 e. The fraction of sp³-hybridized carbons (Fsp3) is 0.444. The first kappa shape index (κ1) is 26.2. The minimum atomic E-state index is -0.490. The van der Waals surface area contributed by atoms with Gasteiger partial charge in [0.1, 0.15) is 11.6 Å². The van der Waals surface area contributed by atoms with Crippen molar-refractivity contribution in [2.24, 2.45) is 0 Å². The zero-order chi connectivity index (χ0) is 26.8. The Morgan fingerprint density at radius 2 is 1.79 bits per heavy atom. The number of hydrogen-bond acceptors (Lipinski definition) is 8. The van der Waals surface area contributed by atoms with E-state index in [1.54, 1.807) is 38.5 Å². The molecule has 11 heteroatoms. The van der Waals surface area contributed by atoms with E-state index in [0.29, 0.717) is 52.3 Å². The quantitative estimate of drug-likeness (QED) is 0.455. The third-order valence-electron chi connectivity index (χ3n) is 7.32. The summed E-state index contributed by atoms with van der Waals surface area (Å²) < 4.78 is 25.6. The van der Waals surface area contributed by atoms with Crippen molar-refractivity contribution in [2.45, 2.75) is 37.8 Å². The number of carbonyl (C=O) groups is 1. The summed E-state index contributed by atoms with van der Waals surface area (Å²) in [4.78, 5) is 26.5. The van der Waals surface area contributed by atoms with E-state index in [2.05, 4.69) is 20.4 Å². The summed E-state index contributed by atoms with van der Waals surface area (Å²) in [7, 11) is 5.12. The van der Waals surface area contributed by atoms with Gasteiger partial charge in [-0.1, -0.05) is 11.6 Å². The standard InChI is InChI=1S/C27H32ClFN6O3/c1-34-10-4-5-22(34)26(36)30-17-8-11-35(12-9-17)27-32-21-15-24(38-3)23(37-2)14-18(21)25(33-27)31-20-7-6-16(28)13-19(20)29/h6-7,13-15,17,22H,4-5,8-12H2,1-3H3,(H,30,36)(H,31,32,33)/t22-/m0/s1. The Labute approximate surface area is 226 Å². The van der Waals surface area contributed by atoms with Crippen molar-refractivity contribution < 1.29 is 18.7 Å². The van der Waals surface area contributed by atoms with Crippen LogP contribution in [0.1, 0.15) is 25.7 Å². The number of nitrogens with one attached hydrogen (secondary N) is 2. The lowest BCUT2D eigenvalue weighted by Gasteiger charge is -2.33. The highest BCUT2D eigenvalue weighted by Gasteiger charge is 2.30. The van der Waals surface area contributed by atoms with Gasteiger partial charge >= 0.3 is 0 Å². The van der Waals surface area contributed by atoms with E-state index in [4.69, 9.17) is 31.0 Å². The fourth-order valence-corrected chi connectivity index (χ4v) is 5.32. The summed E-state index contributed by atoms with van der Waals surface area (Å²) >= 11 is 5.94. The molecule has 0 radical (unpaired) electrons. The van der Waals surface area contributed by atoms with E-state index in [9.17, 15) is 9.18 Å². The number of benzene rings is 2. The molecule has 3 heterocycles. The van der Waals surface area contributed by atoms with Crippen molar-refractivity contribution >= 4 is 45.9 Å². The van der Waals surface area contributed by atoms with Crippen LogP contribution in [0.3, 0.4) is 0 Å². The molecule has 0 unspecified atom stereocenters. The minimum Gasteiger partial charge on any atom is -0.493 e. The minimum absolute atomic E-state index is 0.0364. The normalized spacial score (nSPS) is 18.6. The monoisotopic (exact) mass is 542 g/mol. The predicted octanol–water partition coefficient (Wildman–Crippen LogP) is 4.36. The molecular weight excluding hydrogens is 511 g/mol. The molecule has 9 nitrogen and oxygen atoms in total. The van der Waals surface area contributed by atoms with Gasteiger partial charge in [0.05, 0.1) is 31.5 Å². The van der Waals surface area contributed by atoms with Crippen LogP contribution in [0.4, 0.5) is 21.8 Å². The highest BCUT2D eigenvalue weighted by atomic mass is 35.5. The molecule has 2 aromatic carbocycles. The van der Waals surface area contributed by atoms with Crippen molar-refractivity contribution in [3.63, 3.8) is 0 Å². The maximum absolute atomic E-state index is 14.7. The van der Waals surface area contributed by atoms with Crippen molar-refractivity contribution in [3.05, 3.63) is 41.2 Å². The highest BCUT2D eigenvalue weighted by Crippen LogP contribution is 2.36. The molecule has 2 saturated heterocycles. The molecule has 1 atom stereocenters. The fourth-order valence-electron chi connectivity index (χ4n) is 5.16. The predicted molar refractivity (Wildman–Crippen MR) is 146 cm³/mol. The summed E-state index contributed by atoms with van der Waals surface area (Å²) in [5, 5.41) is 7.31. The maximum atomic E-state index is 14.7. The Bertz CT molecular complexity index is 1330. The zero-order valence-electron chi connectivity index (χ0n) is 21.8. The third-order valence-corrected chi connectivity index (χ3v) is 7.56. The second kappa shape index (κ2) is 11.2. The van der Waals surface area contributed by atoms with Gasteiger partial charge in [-0.15, -0.1) is 0 Å². The third kappa shape index (κ3) is 5.42. The Kier molecular flexibility index (Phi) is 7.71. The van der Waals surface area contributed by atoms with Gasteiger partial charge in [0.25, 0.3) is 0 Å². The van der Waals surface area contributed by atoms with Crippen molar-refractivity contribution in [2.75, 3.05) is 51.1 Å². The van der Waals surface area contributed by atoms with Crippen LogP contribution in [0.2, 0.25) is 5.02 Å². The number of aromatic nitrogens is 2. The van der Waals surface area contributed by atoms with Crippen LogP contribution in [-0.4, -0.2) is 73.8 Å². The number of nitrogens with zero attached hydrogens (tertiary/aromatic N) is 4. The number of carbonyl (C=O) groups excluding carboxylic acids is 1. The molecule has 2 fully saturated rings. The molecule has 0 saturated carbocycles. The average molecular weight is 543 g/mol. The molecule has 38 heavy (non-hydrogen) atoms. The zero-order valence-corrected chi connectivity index (χ0v) is 22.5. The van der Waals surface area contributed by atoms with E-state index < -0.39 is 5.82 Å². The molecular formula is C27H32ClFN6O3. The van der Waals surface area contributed by atoms with E-state index >= 15 is 0 Å². The number of amides is 1. The van der Waals surface area contributed by atoms with E-state index in [-0.39, 0.29) is 23.7 Å². The van der Waals surface area contributed by atoms with Crippen LogP contribution < -0.4 is 25.0 Å². The second-order valence-electron chi connectivity index (χ2n) is 9.75. The summed E-state index contributed by atoms with van der Waals surface area (Å²) in [6.45, 7) is 2.32. The van der Waals surface area contributed by atoms with Crippen LogP contribution >= 0.6 is 11.6 Å². The van der Waals surface area contributed by atoms with Crippen molar-refractivity contribution in [3.8, 4) is 11.5 Å². The molecule has 2 aliphatic heterocycles. The van der Waals surface area contributed by atoms with Gasteiger partial charge < -0.3 is 25.0 Å². The Morgan fingerprint density at radius 3 is 2.45 bits per heavy atom. The highest BCUT2D eigenvalue weighted by molar-refractivity contribution is 6.30. The number of hydrogen-bond donors (Lipinski definition) is 2. The number of likely N-dealkylation sites (tertiary alicyclic amines) is 1. The average Bonchev–Trinajstić information content (AvgIpc) is 3.35. The lowest BCUT2D eigenvalue weighted by molar-refractivity contribution is -0.125. The molecule has 2 aliphatic rings. The molecule has 5 rings (SSSR count). The van der Waals surface area contributed by atoms with Gasteiger partial charge in [0.15, 0.2) is 11.5 Å². The number of fused-ring (bicyclic) bond motifs is 1. The number of rotatable bonds is 7. The molecule has 3 aromatic rings. The van der Waals surface area contributed by atoms with Gasteiger partial charge in [-0.05, 0) is 63.5 Å². The summed E-state index contributed by atoms with van der Waals surface area (Å²) in [6, 6.07) is 8.07. The smallest absolute Gasteiger partial charge is 0.237 e. The van der Waals surface area contributed by atoms with Crippen LogP contribution in [0, 0.1) is 5.82 Å². The first-order valence-corrected chi connectivity index (χ1v) is 13.2. The molecule has 0 spiro atoms. The number of methoxy groups -OCH3 is 2. The summed E-state index contributed by atoms with van der Waals surface area (Å²) in [5.41, 5.74) is 0.873. The number of halogens is 2. The Hall–Kier alpha value is -3.37. The molecule has 1 aromatic heterocycles. The summed E-state index contributed by atoms with van der Waals surface area (Å²) in [5.74, 6) is 1.62. The Morgan fingerprint density at radius 1 is 1.05 bits per heavy atom. The van der Waals surface area contributed by atoms with E-state index in [0.717, 1.165) is 32.2 Å². The van der Waals surface area contributed by atoms with Crippen molar-refractivity contribution in [1.29, 1.82) is 0 Å². The van der Waals surface area contributed by atoms with Crippen LogP contribution in [0.15, 0.2) is 30.3 Å². The van der Waals surface area contributed by atoms with Crippen LogP contribution in [-0.2, 0) is 4.79 Å². The number of anilines is 3. The molecule has 2 N–H and O–H groups in total. The molecule has 0 bridgehead atoms. The topological polar surface area (TPSA) is 91.9 Å². The number of likely N-dealkylation sites (N-methyl/N-ethyl adjacent to an activating group) is 1. The number of ether oxygens (including phenoxy) is 2. The van der Waals surface area contributed by atoms with Gasteiger partial charge in [-0.25, -0.2) is 9.37 Å². The van der Waals surface area contributed by atoms with E-state index in [1.807, 2.05) is 7.05 Å². The van der Waals surface area contributed by atoms with Crippen LogP contribution in [0.25, 0.3) is 10.9 Å². The van der Waals surface area contributed by atoms with Gasteiger partial charge in [-0.2, -0.15) is 4.98 Å². The second-order valence-corrected chi connectivity index (χ2v) is 10.2. The Balaban J connectivity index is 1.40. The summed E-state index contributed by atoms with van der Waals surface area (Å²) in [6.07, 6.45) is 3.53. The lowest BCUT2D eigenvalue weighted by atomic mass is 10.0. The van der Waals surface area contributed by atoms with Gasteiger partial charge in [0.2, 0.25) is 11.9 Å².